The molecule has 0 spiro atoms. The molecule has 1 N–H and O–H groups in total. The van der Waals surface area contributed by atoms with E-state index in [2.05, 4.69) is 4.98 Å². The molecule has 0 radical (unpaired) electrons. The van der Waals surface area contributed by atoms with Gasteiger partial charge in [0.15, 0.2) is 6.23 Å². The molecule has 1 fully saturated rings. The summed E-state index contributed by atoms with van der Waals surface area (Å²) in [6.45, 7) is 7.39. The second kappa shape index (κ2) is 11.1. The van der Waals surface area contributed by atoms with Crippen molar-refractivity contribution < 1.29 is 22.9 Å². The SMILES string of the molecule is CCOP(=O)(N(C)C)N1C[C@@H](COP(=O)(C(C)C)N(C)C)O[C@@H](n2cc(C)c(=O)[nH]c2=O)C1. The van der Waals surface area contributed by atoms with Crippen LogP contribution in [0.5, 0.6) is 0 Å². The zero-order valence-electron chi connectivity index (χ0n) is 20.7. The van der Waals surface area contributed by atoms with E-state index in [1.807, 2.05) is 13.8 Å². The van der Waals surface area contributed by atoms with Crippen LogP contribution in [0.25, 0.3) is 0 Å². The van der Waals surface area contributed by atoms with Crippen molar-refractivity contribution in [1.29, 1.82) is 0 Å². The Hall–Kier alpha value is -1.10. The summed E-state index contributed by atoms with van der Waals surface area (Å²) in [5.74, 6) is 0. The Balaban J connectivity index is 2.43. The van der Waals surface area contributed by atoms with Crippen LogP contribution in [0.2, 0.25) is 0 Å². The van der Waals surface area contributed by atoms with E-state index in [1.165, 1.54) is 15.4 Å². The van der Waals surface area contributed by atoms with Gasteiger partial charge in [-0.1, -0.05) is 13.8 Å². The fourth-order valence-corrected chi connectivity index (χ4v) is 7.39. The van der Waals surface area contributed by atoms with Crippen molar-refractivity contribution in [2.45, 2.75) is 45.7 Å². The molecule has 1 saturated heterocycles. The van der Waals surface area contributed by atoms with Crippen LogP contribution in [0.1, 0.15) is 32.6 Å². The van der Waals surface area contributed by atoms with E-state index >= 15 is 0 Å². The molecule has 0 amide bonds. The van der Waals surface area contributed by atoms with E-state index in [0.29, 0.717) is 5.56 Å². The number of aromatic nitrogens is 2. The second-order valence-corrected chi connectivity index (χ2v) is 14.4. The zero-order valence-corrected chi connectivity index (χ0v) is 22.5. The van der Waals surface area contributed by atoms with Crippen molar-refractivity contribution in [3.63, 3.8) is 0 Å². The molecule has 2 rings (SSSR count). The van der Waals surface area contributed by atoms with Gasteiger partial charge in [0.05, 0.1) is 25.9 Å². The average Bonchev–Trinajstić information content (AvgIpc) is 2.73. The lowest BCUT2D eigenvalue weighted by atomic mass is 10.3. The third-order valence-corrected chi connectivity index (χ3v) is 11.0. The summed E-state index contributed by atoms with van der Waals surface area (Å²) in [5.41, 5.74) is -1.04. The highest BCUT2D eigenvalue weighted by Gasteiger charge is 2.43. The van der Waals surface area contributed by atoms with E-state index < -0.39 is 38.8 Å². The monoisotopic (exact) mass is 509 g/mol. The predicted octanol–water partition coefficient (Wildman–Crippen LogP) is 1.93. The number of ether oxygens (including phenoxy) is 1. The molecule has 1 aromatic heterocycles. The summed E-state index contributed by atoms with van der Waals surface area (Å²) >= 11 is 0. The number of nitrogens with zero attached hydrogens (tertiary/aromatic N) is 4. The zero-order chi connectivity index (χ0) is 25.1. The summed E-state index contributed by atoms with van der Waals surface area (Å²) in [6, 6.07) is 0. The molecule has 0 aliphatic carbocycles. The van der Waals surface area contributed by atoms with Gasteiger partial charge in [0.25, 0.3) is 13.1 Å². The van der Waals surface area contributed by atoms with Crippen molar-refractivity contribution in [2.75, 3.05) is 54.5 Å². The first-order valence-electron chi connectivity index (χ1n) is 10.8. The van der Waals surface area contributed by atoms with Gasteiger partial charge >= 0.3 is 13.4 Å². The van der Waals surface area contributed by atoms with Gasteiger partial charge in [-0.3, -0.25) is 23.5 Å². The molecule has 1 aromatic rings. The molecule has 4 atom stereocenters. The number of nitrogens with one attached hydrogen (secondary N) is 1. The maximum atomic E-state index is 13.7. The fourth-order valence-electron chi connectivity index (χ4n) is 3.58. The van der Waals surface area contributed by atoms with Crippen molar-refractivity contribution in [1.82, 2.24) is 23.6 Å². The minimum atomic E-state index is -3.44. The third kappa shape index (κ3) is 6.13. The predicted molar refractivity (Wildman–Crippen MR) is 127 cm³/mol. The van der Waals surface area contributed by atoms with Crippen molar-refractivity contribution >= 4 is 15.2 Å². The van der Waals surface area contributed by atoms with E-state index in [1.54, 1.807) is 51.4 Å². The highest BCUT2D eigenvalue weighted by molar-refractivity contribution is 7.57. The number of morpholine rings is 1. The third-order valence-electron chi connectivity index (χ3n) is 5.40. The van der Waals surface area contributed by atoms with E-state index in [0.717, 1.165) is 0 Å². The average molecular weight is 509 g/mol. The fraction of sp³-hybridized carbons (Fsp3) is 0.789. The van der Waals surface area contributed by atoms with Gasteiger partial charge in [0, 0.05) is 24.0 Å². The van der Waals surface area contributed by atoms with Crippen LogP contribution in [0.3, 0.4) is 0 Å². The highest BCUT2D eigenvalue weighted by Crippen LogP contribution is 2.55. The van der Waals surface area contributed by atoms with E-state index in [4.69, 9.17) is 13.8 Å². The first-order chi connectivity index (χ1) is 15.3. The van der Waals surface area contributed by atoms with Gasteiger partial charge in [0.2, 0.25) is 0 Å². The van der Waals surface area contributed by atoms with Gasteiger partial charge in [-0.25, -0.2) is 18.8 Å². The molecule has 12 nitrogen and oxygen atoms in total. The Morgan fingerprint density at radius 2 is 1.79 bits per heavy atom. The number of aromatic amines is 1. The van der Waals surface area contributed by atoms with Crippen molar-refractivity contribution in [3.05, 3.63) is 32.6 Å². The van der Waals surface area contributed by atoms with Crippen LogP contribution < -0.4 is 11.2 Å². The smallest absolute Gasteiger partial charge is 0.345 e. The van der Waals surface area contributed by atoms with Crippen LogP contribution in [0, 0.1) is 6.92 Å². The Labute approximate surface area is 194 Å². The van der Waals surface area contributed by atoms with Gasteiger partial charge in [-0.15, -0.1) is 0 Å². The second-order valence-electron chi connectivity index (χ2n) is 8.62. The molecule has 0 bridgehead atoms. The summed E-state index contributed by atoms with van der Waals surface area (Å²) in [4.78, 5) is 26.6. The maximum absolute atomic E-state index is 13.7. The highest BCUT2D eigenvalue weighted by atomic mass is 31.2. The lowest BCUT2D eigenvalue weighted by Gasteiger charge is -2.43. The number of rotatable bonds is 10. The Kier molecular flexibility index (Phi) is 9.46. The molecule has 0 saturated carbocycles. The number of hydrogen-bond donors (Lipinski definition) is 1. The minimum Gasteiger partial charge on any atom is -0.349 e. The standard InChI is InChI=1S/C19H37N5O7P2/c1-9-29-33(28,22(7)8)23-11-16(13-30-32(27,14(2)3)21(5)6)31-17(12-23)24-10-15(4)18(25)20-19(24)26/h10,14,16-17H,9,11-13H2,1-8H3,(H,20,25,26)/t16-,17+,32?,33?/m0/s1. The molecular formula is C19H37N5O7P2. The molecular weight excluding hydrogens is 472 g/mol. The largest absolute Gasteiger partial charge is 0.349 e. The summed E-state index contributed by atoms with van der Waals surface area (Å²) < 4.78 is 50.6. The number of H-pyrrole nitrogens is 1. The Morgan fingerprint density at radius 1 is 1.15 bits per heavy atom. The summed E-state index contributed by atoms with van der Waals surface area (Å²) in [6.07, 6.45) is -0.126. The molecule has 14 heteroatoms. The number of aryl methyl sites for hydroxylation is 1. The maximum Gasteiger partial charge on any atom is 0.345 e. The van der Waals surface area contributed by atoms with Crippen LogP contribution in [0.4, 0.5) is 0 Å². The van der Waals surface area contributed by atoms with Crippen LogP contribution in [0.15, 0.2) is 15.8 Å². The molecule has 2 heterocycles. The van der Waals surface area contributed by atoms with Gasteiger partial charge < -0.3 is 13.8 Å². The molecule has 0 aromatic carbocycles. The van der Waals surface area contributed by atoms with Gasteiger partial charge in [0.1, 0.15) is 0 Å². The molecule has 1 aliphatic rings. The summed E-state index contributed by atoms with van der Waals surface area (Å²) in [7, 11) is 0.123. The molecule has 190 valence electrons. The normalized spacial score (nSPS) is 23.7. The van der Waals surface area contributed by atoms with E-state index in [9.17, 15) is 18.7 Å². The van der Waals surface area contributed by atoms with Gasteiger partial charge in [-0.05, 0) is 42.0 Å². The Bertz CT molecular complexity index is 1010. The topological polar surface area (TPSA) is 126 Å². The quantitative estimate of drug-likeness (QED) is 0.468. The van der Waals surface area contributed by atoms with Crippen LogP contribution in [-0.4, -0.2) is 89.8 Å². The Morgan fingerprint density at radius 3 is 2.30 bits per heavy atom. The van der Waals surface area contributed by atoms with Crippen molar-refractivity contribution in [2.24, 2.45) is 0 Å². The molecule has 2 unspecified atom stereocenters. The van der Waals surface area contributed by atoms with Crippen molar-refractivity contribution in [3.8, 4) is 0 Å². The first kappa shape index (κ1) is 28.1. The summed E-state index contributed by atoms with van der Waals surface area (Å²) in [5, 5.41) is 0. The lowest BCUT2D eigenvalue weighted by molar-refractivity contribution is -0.119. The van der Waals surface area contributed by atoms with Gasteiger partial charge in [-0.2, -0.15) is 0 Å². The lowest BCUT2D eigenvalue weighted by Crippen LogP contribution is -2.50. The van der Waals surface area contributed by atoms with Crippen LogP contribution >= 0.6 is 15.2 Å². The minimum absolute atomic E-state index is 0.0444. The molecule has 1 aliphatic heterocycles. The van der Waals surface area contributed by atoms with Crippen LogP contribution in [-0.2, 0) is 22.9 Å². The van der Waals surface area contributed by atoms with E-state index in [-0.39, 0.29) is 32.0 Å². The first-order valence-corrected chi connectivity index (χ1v) is 14.0. The molecule has 33 heavy (non-hydrogen) atoms. The number of hydrogen-bond acceptors (Lipinski definition) is 7.